The van der Waals surface area contributed by atoms with Gasteiger partial charge in [-0.1, -0.05) is 30.3 Å². The van der Waals surface area contributed by atoms with Crippen molar-refractivity contribution in [1.82, 2.24) is 5.32 Å². The molecule has 2 bridgehead atoms. The molecule has 2 amide bonds. The Morgan fingerprint density at radius 1 is 1.03 bits per heavy atom. The first-order chi connectivity index (χ1) is 16.1. The van der Waals surface area contributed by atoms with E-state index in [1.165, 1.54) is 0 Å². The van der Waals surface area contributed by atoms with Crippen LogP contribution in [0.5, 0.6) is 0 Å². The van der Waals surface area contributed by atoms with Crippen molar-refractivity contribution in [2.24, 2.45) is 5.73 Å². The SMILES string of the molecule is Cc1c(C(=O)Nc2ccccc2CN)cccc1N1CCNCC1.O=C1Nc2cccc1c2. The van der Waals surface area contributed by atoms with Crippen LogP contribution in [0, 0.1) is 6.92 Å². The molecule has 0 radical (unpaired) electrons. The first-order valence-corrected chi connectivity index (χ1v) is 11.1. The molecule has 2 aliphatic rings. The second-order valence-electron chi connectivity index (χ2n) is 8.04. The Labute approximate surface area is 194 Å². The van der Waals surface area contributed by atoms with Gasteiger partial charge in [0.1, 0.15) is 0 Å². The van der Waals surface area contributed by atoms with Gasteiger partial charge in [0.2, 0.25) is 0 Å². The largest absolute Gasteiger partial charge is 0.369 e. The maximum Gasteiger partial charge on any atom is 0.256 e. The number of nitrogens with two attached hydrogens (primary N) is 1. The molecule has 0 atom stereocenters. The highest BCUT2D eigenvalue weighted by Crippen LogP contribution is 2.25. The van der Waals surface area contributed by atoms with E-state index in [9.17, 15) is 9.59 Å². The van der Waals surface area contributed by atoms with Crippen LogP contribution in [0.2, 0.25) is 0 Å². The normalized spacial score (nSPS) is 14.2. The van der Waals surface area contributed by atoms with Gasteiger partial charge in [-0.25, -0.2) is 0 Å². The Hall–Kier alpha value is -3.68. The molecule has 3 aromatic rings. The van der Waals surface area contributed by atoms with Crippen molar-refractivity contribution in [2.45, 2.75) is 13.5 Å². The number of anilines is 3. The first kappa shape index (κ1) is 22.5. The molecule has 1 fully saturated rings. The summed E-state index contributed by atoms with van der Waals surface area (Å²) in [4.78, 5) is 25.9. The Balaban J connectivity index is 0.000000238. The quantitative estimate of drug-likeness (QED) is 0.496. The molecule has 0 spiro atoms. The van der Waals surface area contributed by atoms with Crippen molar-refractivity contribution < 1.29 is 9.59 Å². The summed E-state index contributed by atoms with van der Waals surface area (Å²) in [6, 6.07) is 20.9. The highest BCUT2D eigenvalue weighted by atomic mass is 16.2. The molecule has 3 aromatic carbocycles. The summed E-state index contributed by atoms with van der Waals surface area (Å²) < 4.78 is 0. The van der Waals surface area contributed by atoms with Gasteiger partial charge in [0, 0.05) is 60.9 Å². The van der Waals surface area contributed by atoms with Gasteiger partial charge < -0.3 is 26.6 Å². The van der Waals surface area contributed by atoms with E-state index in [1.54, 1.807) is 6.07 Å². The number of para-hydroxylation sites is 1. The van der Waals surface area contributed by atoms with Crippen molar-refractivity contribution in [3.63, 3.8) is 0 Å². The summed E-state index contributed by atoms with van der Waals surface area (Å²) in [5, 5.41) is 9.04. The van der Waals surface area contributed by atoms with Gasteiger partial charge in [-0.15, -0.1) is 0 Å². The van der Waals surface area contributed by atoms with Crippen molar-refractivity contribution in [3.8, 4) is 0 Å². The van der Waals surface area contributed by atoms with Crippen LogP contribution < -0.4 is 26.6 Å². The molecule has 5 rings (SSSR count). The Morgan fingerprint density at radius 2 is 1.79 bits per heavy atom. The standard InChI is InChI=1S/C19H24N4O.C7H5NO/c1-14-16(6-4-8-18(14)23-11-9-21-10-12-23)19(24)22-17-7-3-2-5-15(17)13-20;9-7-5-2-1-3-6(4-5)8-7/h2-8,21H,9-13,20H2,1H3,(H,22,24);1-4H,(H,8,9). The van der Waals surface area contributed by atoms with Crippen LogP contribution in [0.3, 0.4) is 0 Å². The number of amides is 2. The van der Waals surface area contributed by atoms with E-state index in [-0.39, 0.29) is 11.8 Å². The Kier molecular flexibility index (Phi) is 7.02. The number of rotatable bonds is 4. The zero-order valence-electron chi connectivity index (χ0n) is 18.7. The van der Waals surface area contributed by atoms with Gasteiger partial charge >= 0.3 is 0 Å². The van der Waals surface area contributed by atoms with Crippen LogP contribution in [0.4, 0.5) is 17.1 Å². The molecule has 2 heterocycles. The van der Waals surface area contributed by atoms with E-state index in [4.69, 9.17) is 5.73 Å². The lowest BCUT2D eigenvalue weighted by atomic mass is 10.0. The monoisotopic (exact) mass is 443 g/mol. The van der Waals surface area contributed by atoms with E-state index in [0.29, 0.717) is 12.1 Å². The number of fused-ring (bicyclic) bond motifs is 2. The van der Waals surface area contributed by atoms with E-state index in [2.05, 4.69) is 26.9 Å². The number of hydrogen-bond donors (Lipinski definition) is 4. The number of hydrogen-bond acceptors (Lipinski definition) is 5. The van der Waals surface area contributed by atoms with Crippen LogP contribution in [-0.4, -0.2) is 38.0 Å². The predicted molar refractivity (Wildman–Crippen MR) is 133 cm³/mol. The molecule has 1 saturated heterocycles. The molecular weight excluding hydrogens is 414 g/mol. The minimum Gasteiger partial charge on any atom is -0.369 e. The third-order valence-electron chi connectivity index (χ3n) is 5.88. The van der Waals surface area contributed by atoms with Crippen molar-refractivity contribution in [2.75, 3.05) is 41.7 Å². The van der Waals surface area contributed by atoms with E-state index in [1.807, 2.05) is 61.5 Å². The zero-order chi connectivity index (χ0) is 23.2. The van der Waals surface area contributed by atoms with Crippen LogP contribution in [0.25, 0.3) is 0 Å². The lowest BCUT2D eigenvalue weighted by molar-refractivity contribution is 0.102. The number of nitrogens with one attached hydrogen (secondary N) is 3. The maximum absolute atomic E-state index is 12.8. The Morgan fingerprint density at radius 3 is 2.52 bits per heavy atom. The fourth-order valence-corrected chi connectivity index (χ4v) is 4.07. The van der Waals surface area contributed by atoms with Crippen LogP contribution in [0.15, 0.2) is 66.7 Å². The molecule has 7 heteroatoms. The highest BCUT2D eigenvalue weighted by Gasteiger charge is 2.18. The fraction of sp³-hybridized carbons (Fsp3) is 0.231. The highest BCUT2D eigenvalue weighted by molar-refractivity contribution is 6.09. The topological polar surface area (TPSA) is 99.5 Å². The summed E-state index contributed by atoms with van der Waals surface area (Å²) in [5.74, 6) is -0.0830. The second kappa shape index (κ2) is 10.3. The van der Waals surface area contributed by atoms with Crippen molar-refractivity contribution >= 4 is 28.9 Å². The molecule has 5 N–H and O–H groups in total. The average Bonchev–Trinajstić information content (AvgIpc) is 3.10. The molecule has 170 valence electrons. The zero-order valence-corrected chi connectivity index (χ0v) is 18.7. The summed E-state index contributed by atoms with van der Waals surface area (Å²) in [6.45, 7) is 6.28. The lowest BCUT2D eigenvalue weighted by Crippen LogP contribution is -2.43. The molecule has 33 heavy (non-hydrogen) atoms. The van der Waals surface area contributed by atoms with Gasteiger partial charge in [-0.3, -0.25) is 9.59 Å². The first-order valence-electron chi connectivity index (χ1n) is 11.1. The van der Waals surface area contributed by atoms with Crippen molar-refractivity contribution in [3.05, 3.63) is 89.0 Å². The fourth-order valence-electron chi connectivity index (χ4n) is 4.07. The van der Waals surface area contributed by atoms with Crippen molar-refractivity contribution in [1.29, 1.82) is 0 Å². The van der Waals surface area contributed by atoms with Gasteiger partial charge in [0.15, 0.2) is 0 Å². The summed E-state index contributed by atoms with van der Waals surface area (Å²) >= 11 is 0. The van der Waals surface area contributed by atoms with Crippen LogP contribution in [0.1, 0.15) is 31.8 Å². The maximum atomic E-state index is 12.8. The summed E-state index contributed by atoms with van der Waals surface area (Å²) in [7, 11) is 0. The van der Waals surface area contributed by atoms with Gasteiger partial charge in [-0.05, 0) is 54.4 Å². The van der Waals surface area contributed by atoms with Gasteiger partial charge in [0.05, 0.1) is 0 Å². The molecule has 7 nitrogen and oxygen atoms in total. The number of carbonyl (C=O) groups excluding carboxylic acids is 2. The molecule has 2 aliphatic heterocycles. The van der Waals surface area contributed by atoms with Gasteiger partial charge in [-0.2, -0.15) is 0 Å². The minimum absolute atomic E-state index is 0.00926. The smallest absolute Gasteiger partial charge is 0.256 e. The molecule has 0 aromatic heterocycles. The van der Waals surface area contributed by atoms with Gasteiger partial charge in [0.25, 0.3) is 11.8 Å². The van der Waals surface area contributed by atoms with Crippen LogP contribution in [-0.2, 0) is 6.54 Å². The molecule has 0 saturated carbocycles. The summed E-state index contributed by atoms with van der Waals surface area (Å²) in [5.41, 5.74) is 12.0. The predicted octanol–water partition coefficient (Wildman–Crippen LogP) is 3.37. The number of piperazine rings is 1. The molecular formula is C26H29N5O2. The number of nitrogens with zero attached hydrogens (tertiary/aromatic N) is 1. The lowest BCUT2D eigenvalue weighted by Gasteiger charge is -2.31. The summed E-state index contributed by atoms with van der Waals surface area (Å²) in [6.07, 6.45) is 0. The second-order valence-corrected chi connectivity index (χ2v) is 8.04. The average molecular weight is 444 g/mol. The molecule has 0 unspecified atom stereocenters. The third-order valence-corrected chi connectivity index (χ3v) is 5.88. The molecule has 0 aliphatic carbocycles. The number of benzene rings is 3. The number of carbonyl (C=O) groups is 2. The van der Waals surface area contributed by atoms with Crippen LogP contribution >= 0.6 is 0 Å². The van der Waals surface area contributed by atoms with E-state index in [0.717, 1.165) is 59.9 Å². The Bertz CT molecular complexity index is 1150. The third kappa shape index (κ3) is 5.22. The van der Waals surface area contributed by atoms with E-state index >= 15 is 0 Å². The minimum atomic E-state index is -0.0922. The van der Waals surface area contributed by atoms with E-state index < -0.39 is 0 Å².